The van der Waals surface area contributed by atoms with Crippen molar-refractivity contribution in [1.82, 2.24) is 0 Å². The van der Waals surface area contributed by atoms with Gasteiger partial charge in [0.1, 0.15) is 5.60 Å². The van der Waals surface area contributed by atoms with Crippen LogP contribution in [0.1, 0.15) is 76.8 Å². The molecular weight excluding hydrogens is 325 g/mol. The van der Waals surface area contributed by atoms with Crippen LogP contribution in [0.25, 0.3) is 0 Å². The molecule has 0 fully saturated rings. The maximum atomic E-state index is 15.1. The molecule has 0 radical (unpaired) electrons. The molecule has 1 aliphatic heterocycles. The lowest BCUT2D eigenvalue weighted by atomic mass is 9.68. The number of halogens is 3. The summed E-state index contributed by atoms with van der Waals surface area (Å²) in [6.45, 7) is 7.84. The molecule has 138 valence electrons. The molecule has 0 amide bonds. The average molecular weight is 352 g/mol. The maximum absolute atomic E-state index is 15.1. The van der Waals surface area contributed by atoms with Gasteiger partial charge in [0, 0.05) is 23.0 Å². The van der Waals surface area contributed by atoms with E-state index in [1.807, 2.05) is 33.8 Å². The van der Waals surface area contributed by atoms with Crippen LogP contribution in [0, 0.1) is 23.4 Å². The number of hydrogen-bond donors (Lipinski definition) is 0. The molecule has 0 saturated carbocycles. The number of benzene rings is 1. The number of allylic oxidation sites excluding steroid dienone is 2. The zero-order chi connectivity index (χ0) is 18.4. The van der Waals surface area contributed by atoms with Crippen molar-refractivity contribution < 1.29 is 17.9 Å². The van der Waals surface area contributed by atoms with Crippen LogP contribution in [0.2, 0.25) is 0 Å². The van der Waals surface area contributed by atoms with Crippen molar-refractivity contribution in [3.05, 3.63) is 40.2 Å². The predicted molar refractivity (Wildman–Crippen MR) is 93.5 cm³/mol. The van der Waals surface area contributed by atoms with E-state index < -0.39 is 23.1 Å². The van der Waals surface area contributed by atoms with Crippen LogP contribution in [-0.2, 0) is 6.42 Å². The lowest BCUT2D eigenvalue weighted by molar-refractivity contribution is 0.00561. The first-order chi connectivity index (χ1) is 11.8. The normalized spacial score (nSPS) is 24.2. The molecule has 1 aliphatic carbocycles. The third kappa shape index (κ3) is 3.09. The van der Waals surface area contributed by atoms with Crippen molar-refractivity contribution >= 4 is 0 Å². The van der Waals surface area contributed by atoms with Gasteiger partial charge in [-0.05, 0) is 46.5 Å². The summed E-state index contributed by atoms with van der Waals surface area (Å²) in [6.07, 6.45) is 6.34. The van der Waals surface area contributed by atoms with Gasteiger partial charge in [0.05, 0.1) is 0 Å². The molecule has 25 heavy (non-hydrogen) atoms. The molecule has 3 rings (SSSR count). The smallest absolute Gasteiger partial charge is 0.171 e. The van der Waals surface area contributed by atoms with Crippen LogP contribution in [0.15, 0.2) is 11.6 Å². The number of hydrogen-bond acceptors (Lipinski definition) is 1. The molecule has 4 heteroatoms. The Balaban J connectivity index is 2.14. The minimum atomic E-state index is -1.04. The highest BCUT2D eigenvalue weighted by molar-refractivity contribution is 5.49. The van der Waals surface area contributed by atoms with Gasteiger partial charge >= 0.3 is 0 Å². The number of rotatable bonds is 4. The third-order valence-electron chi connectivity index (χ3n) is 5.77. The summed E-state index contributed by atoms with van der Waals surface area (Å²) < 4.78 is 50.6. The van der Waals surface area contributed by atoms with Crippen molar-refractivity contribution in [3.8, 4) is 5.75 Å². The molecular formula is C21H27F3O. The monoisotopic (exact) mass is 352 g/mol. The predicted octanol–water partition coefficient (Wildman–Crippen LogP) is 6.45. The molecule has 0 N–H and O–H groups in total. The van der Waals surface area contributed by atoms with Gasteiger partial charge in [-0.25, -0.2) is 13.2 Å². The summed E-state index contributed by atoms with van der Waals surface area (Å²) >= 11 is 0. The van der Waals surface area contributed by atoms with E-state index in [0.29, 0.717) is 6.42 Å². The van der Waals surface area contributed by atoms with Crippen LogP contribution < -0.4 is 4.74 Å². The molecule has 2 unspecified atom stereocenters. The topological polar surface area (TPSA) is 9.23 Å². The molecule has 0 spiro atoms. The molecule has 0 bridgehead atoms. The molecule has 1 heterocycles. The molecule has 1 nitrogen and oxygen atoms in total. The van der Waals surface area contributed by atoms with Gasteiger partial charge in [0.2, 0.25) is 0 Å². The van der Waals surface area contributed by atoms with E-state index in [2.05, 4.69) is 0 Å². The van der Waals surface area contributed by atoms with E-state index in [1.54, 1.807) is 0 Å². The molecule has 2 atom stereocenters. The van der Waals surface area contributed by atoms with Gasteiger partial charge < -0.3 is 4.74 Å². The fourth-order valence-electron chi connectivity index (χ4n) is 4.34. The molecule has 1 aromatic carbocycles. The standard InChI is InChI=1S/C21H27F3O/c1-5-6-7-8-13-17(22)19(24)16-14-11-12(2)9-10-15(14)21(3,4)25-20(16)18(13)23/h11,14-15H,5-10H2,1-4H3. The van der Waals surface area contributed by atoms with Crippen LogP contribution >= 0.6 is 0 Å². The van der Waals surface area contributed by atoms with Gasteiger partial charge in [-0.3, -0.25) is 0 Å². The fourth-order valence-corrected chi connectivity index (χ4v) is 4.34. The van der Waals surface area contributed by atoms with Crippen LogP contribution in [0.3, 0.4) is 0 Å². The summed E-state index contributed by atoms with van der Waals surface area (Å²) in [5, 5.41) is 0. The molecule has 0 aromatic heterocycles. The second-order valence-corrected chi connectivity index (χ2v) is 8.01. The van der Waals surface area contributed by atoms with Gasteiger partial charge in [0.25, 0.3) is 0 Å². The number of fused-ring (bicyclic) bond motifs is 3. The number of unbranched alkanes of at least 4 members (excludes halogenated alkanes) is 2. The Labute approximate surface area is 148 Å². The molecule has 2 aliphatic rings. The lowest BCUT2D eigenvalue weighted by Crippen LogP contribution is -2.46. The van der Waals surface area contributed by atoms with Gasteiger partial charge in [-0.1, -0.05) is 31.4 Å². The summed E-state index contributed by atoms with van der Waals surface area (Å²) in [5.41, 5.74) is 0.422. The fraction of sp³-hybridized carbons (Fsp3) is 0.619. The van der Waals surface area contributed by atoms with E-state index >= 15 is 4.39 Å². The number of ether oxygens (including phenoxy) is 1. The highest BCUT2D eigenvalue weighted by Crippen LogP contribution is 2.53. The van der Waals surface area contributed by atoms with E-state index in [1.165, 1.54) is 0 Å². The van der Waals surface area contributed by atoms with Gasteiger partial charge in [-0.2, -0.15) is 0 Å². The van der Waals surface area contributed by atoms with Crippen molar-refractivity contribution in [2.75, 3.05) is 0 Å². The van der Waals surface area contributed by atoms with Crippen molar-refractivity contribution in [2.45, 2.75) is 77.7 Å². The first-order valence-electron chi connectivity index (χ1n) is 9.33. The summed E-state index contributed by atoms with van der Waals surface area (Å²) in [6, 6.07) is 0. The second-order valence-electron chi connectivity index (χ2n) is 8.01. The highest BCUT2D eigenvalue weighted by atomic mass is 19.2. The Morgan fingerprint density at radius 3 is 2.52 bits per heavy atom. The van der Waals surface area contributed by atoms with Gasteiger partial charge in [-0.15, -0.1) is 0 Å². The molecule has 0 saturated heterocycles. The summed E-state index contributed by atoms with van der Waals surface area (Å²) in [7, 11) is 0. The van der Waals surface area contributed by atoms with Crippen molar-refractivity contribution in [3.63, 3.8) is 0 Å². The Hall–Kier alpha value is -1.45. The maximum Gasteiger partial charge on any atom is 0.171 e. The second kappa shape index (κ2) is 6.69. The molecule has 1 aromatic rings. The van der Waals surface area contributed by atoms with Gasteiger partial charge in [0.15, 0.2) is 23.2 Å². The summed E-state index contributed by atoms with van der Waals surface area (Å²) in [5.74, 6) is -3.08. The average Bonchev–Trinajstić information content (AvgIpc) is 2.55. The van der Waals surface area contributed by atoms with E-state index in [-0.39, 0.29) is 35.1 Å². The van der Waals surface area contributed by atoms with Crippen LogP contribution in [0.5, 0.6) is 5.75 Å². The Morgan fingerprint density at radius 1 is 1.12 bits per heavy atom. The first kappa shape index (κ1) is 18.3. The zero-order valence-corrected chi connectivity index (χ0v) is 15.5. The van der Waals surface area contributed by atoms with E-state index in [0.717, 1.165) is 31.3 Å². The largest absolute Gasteiger partial charge is 0.484 e. The summed E-state index contributed by atoms with van der Waals surface area (Å²) in [4.78, 5) is 0. The highest BCUT2D eigenvalue weighted by Gasteiger charge is 2.47. The van der Waals surface area contributed by atoms with Crippen molar-refractivity contribution in [2.24, 2.45) is 5.92 Å². The zero-order valence-electron chi connectivity index (χ0n) is 15.5. The Morgan fingerprint density at radius 2 is 1.84 bits per heavy atom. The van der Waals surface area contributed by atoms with Crippen LogP contribution in [-0.4, -0.2) is 5.60 Å². The minimum absolute atomic E-state index is 0.0166. The van der Waals surface area contributed by atoms with Crippen molar-refractivity contribution in [1.29, 1.82) is 0 Å². The Kier molecular flexibility index (Phi) is 4.91. The van der Waals surface area contributed by atoms with E-state index in [4.69, 9.17) is 4.74 Å². The SMILES string of the molecule is CCCCCc1c(F)c(F)c2c(c1F)OC(C)(C)C1CCC(C)=CC21. The van der Waals surface area contributed by atoms with Crippen LogP contribution in [0.4, 0.5) is 13.2 Å². The third-order valence-corrected chi connectivity index (χ3v) is 5.77. The minimum Gasteiger partial charge on any atom is -0.484 e. The van der Waals surface area contributed by atoms with E-state index in [9.17, 15) is 8.78 Å². The lowest BCUT2D eigenvalue weighted by Gasteiger charge is -2.46. The quantitative estimate of drug-likeness (QED) is 0.344. The first-order valence-corrected chi connectivity index (χ1v) is 9.33. The Bertz CT molecular complexity index is 706.